The van der Waals surface area contributed by atoms with Gasteiger partial charge in [-0.1, -0.05) is 30.3 Å². The van der Waals surface area contributed by atoms with E-state index in [-0.39, 0.29) is 12.5 Å². The number of hydrogen-bond acceptors (Lipinski definition) is 4. The molecule has 0 fully saturated rings. The third-order valence-corrected chi connectivity index (χ3v) is 2.88. The van der Waals surface area contributed by atoms with Gasteiger partial charge in [0.1, 0.15) is 6.54 Å². The van der Waals surface area contributed by atoms with Gasteiger partial charge in [-0.3, -0.25) is 9.48 Å². The molecule has 2 heterocycles. The Bertz CT molecular complexity index is 746. The summed E-state index contributed by atoms with van der Waals surface area (Å²) in [5.41, 5.74) is 1.86. The maximum absolute atomic E-state index is 11.9. The summed E-state index contributed by atoms with van der Waals surface area (Å²) >= 11 is 0. The first kappa shape index (κ1) is 13.0. The van der Waals surface area contributed by atoms with Crippen LogP contribution in [0.25, 0.3) is 11.3 Å². The molecule has 0 aliphatic heterocycles. The van der Waals surface area contributed by atoms with Crippen LogP contribution in [0.5, 0.6) is 0 Å². The molecule has 7 nitrogen and oxygen atoms in total. The molecule has 1 amide bonds. The zero-order valence-electron chi connectivity index (χ0n) is 11.5. The molecule has 0 saturated heterocycles. The number of benzene rings is 1. The van der Waals surface area contributed by atoms with Gasteiger partial charge in [0, 0.05) is 18.8 Å². The van der Waals surface area contributed by atoms with Crippen molar-refractivity contribution in [2.75, 3.05) is 5.32 Å². The molecule has 21 heavy (non-hydrogen) atoms. The number of nitrogens with one attached hydrogen (secondary N) is 1. The van der Waals surface area contributed by atoms with Crippen LogP contribution in [0.4, 0.5) is 5.82 Å². The van der Waals surface area contributed by atoms with Crippen molar-refractivity contribution in [2.45, 2.75) is 6.54 Å². The highest BCUT2D eigenvalue weighted by atomic mass is 16.2. The summed E-state index contributed by atoms with van der Waals surface area (Å²) < 4.78 is 1.59. The van der Waals surface area contributed by atoms with E-state index in [1.165, 1.54) is 11.0 Å². The first-order valence-electron chi connectivity index (χ1n) is 6.46. The summed E-state index contributed by atoms with van der Waals surface area (Å²) in [5.74, 6) is 0.233. The Morgan fingerprint density at radius 3 is 2.71 bits per heavy atom. The zero-order chi connectivity index (χ0) is 14.7. The molecular weight excluding hydrogens is 268 g/mol. The molecule has 0 aliphatic rings. The molecule has 106 valence electrons. The Labute approximate surface area is 121 Å². The van der Waals surface area contributed by atoms with Gasteiger partial charge < -0.3 is 5.32 Å². The predicted octanol–water partition coefficient (Wildman–Crippen LogP) is 1.32. The lowest BCUT2D eigenvalue weighted by Gasteiger charge is -2.01. The van der Waals surface area contributed by atoms with Gasteiger partial charge in [-0.15, -0.1) is 5.10 Å². The molecule has 7 heteroatoms. The lowest BCUT2D eigenvalue weighted by molar-refractivity contribution is -0.116. The normalized spacial score (nSPS) is 10.5. The van der Waals surface area contributed by atoms with Crippen molar-refractivity contribution in [3.63, 3.8) is 0 Å². The topological polar surface area (TPSA) is 77.6 Å². The summed E-state index contributed by atoms with van der Waals surface area (Å²) in [6, 6.07) is 11.7. The molecular formula is C14H14N6O. The molecule has 1 N–H and O–H groups in total. The van der Waals surface area contributed by atoms with Crippen molar-refractivity contribution in [1.82, 2.24) is 24.8 Å². The van der Waals surface area contributed by atoms with Gasteiger partial charge in [0.2, 0.25) is 5.91 Å². The van der Waals surface area contributed by atoms with Crippen LogP contribution in [0.2, 0.25) is 0 Å². The van der Waals surface area contributed by atoms with Gasteiger partial charge in [-0.2, -0.15) is 15.0 Å². The largest absolute Gasteiger partial charge is 0.306 e. The SMILES string of the molecule is Cn1ncc(NC(=O)Cn2ccc(-c3ccccc3)n2)n1. The highest BCUT2D eigenvalue weighted by molar-refractivity contribution is 5.89. The fraction of sp³-hybridized carbons (Fsp3) is 0.143. The van der Waals surface area contributed by atoms with E-state index in [2.05, 4.69) is 20.6 Å². The summed E-state index contributed by atoms with van der Waals surface area (Å²) in [4.78, 5) is 13.3. The number of aryl methyl sites for hydroxylation is 1. The number of rotatable bonds is 4. The third kappa shape index (κ3) is 3.14. The fourth-order valence-corrected chi connectivity index (χ4v) is 1.95. The minimum absolute atomic E-state index is 0.128. The molecule has 3 aromatic rings. The number of carbonyl (C=O) groups excluding carboxylic acids is 1. The van der Waals surface area contributed by atoms with Gasteiger partial charge >= 0.3 is 0 Å². The maximum Gasteiger partial charge on any atom is 0.247 e. The van der Waals surface area contributed by atoms with Crippen LogP contribution in [0, 0.1) is 0 Å². The predicted molar refractivity (Wildman–Crippen MR) is 77.3 cm³/mol. The summed E-state index contributed by atoms with van der Waals surface area (Å²) in [6.07, 6.45) is 3.27. The zero-order valence-corrected chi connectivity index (χ0v) is 11.5. The van der Waals surface area contributed by atoms with Gasteiger partial charge in [0.05, 0.1) is 11.9 Å². The van der Waals surface area contributed by atoms with Crippen LogP contribution in [0.1, 0.15) is 0 Å². The summed E-state index contributed by atoms with van der Waals surface area (Å²) in [7, 11) is 1.69. The highest BCUT2D eigenvalue weighted by Gasteiger charge is 2.08. The lowest BCUT2D eigenvalue weighted by atomic mass is 10.2. The van der Waals surface area contributed by atoms with Crippen molar-refractivity contribution in [2.24, 2.45) is 7.05 Å². The number of nitrogens with zero attached hydrogens (tertiary/aromatic N) is 5. The Kier molecular flexibility index (Phi) is 3.46. The van der Waals surface area contributed by atoms with Gasteiger partial charge in [-0.25, -0.2) is 0 Å². The van der Waals surface area contributed by atoms with Crippen molar-refractivity contribution in [3.8, 4) is 11.3 Å². The van der Waals surface area contributed by atoms with E-state index in [9.17, 15) is 4.79 Å². The molecule has 0 bridgehead atoms. The van der Waals surface area contributed by atoms with E-state index in [1.807, 2.05) is 36.4 Å². The van der Waals surface area contributed by atoms with Crippen molar-refractivity contribution < 1.29 is 4.79 Å². The minimum Gasteiger partial charge on any atom is -0.306 e. The first-order chi connectivity index (χ1) is 10.2. The smallest absolute Gasteiger partial charge is 0.247 e. The van der Waals surface area contributed by atoms with Crippen molar-refractivity contribution in [3.05, 3.63) is 48.8 Å². The Morgan fingerprint density at radius 1 is 1.19 bits per heavy atom. The lowest BCUT2D eigenvalue weighted by Crippen LogP contribution is -2.19. The van der Waals surface area contributed by atoms with Crippen LogP contribution >= 0.6 is 0 Å². The van der Waals surface area contributed by atoms with E-state index in [4.69, 9.17) is 0 Å². The molecule has 2 aromatic heterocycles. The number of carbonyl (C=O) groups is 1. The molecule has 0 atom stereocenters. The average Bonchev–Trinajstić information content (AvgIpc) is 3.09. The number of hydrogen-bond donors (Lipinski definition) is 1. The van der Waals surface area contributed by atoms with E-state index < -0.39 is 0 Å². The second kappa shape index (κ2) is 5.58. The second-order valence-electron chi connectivity index (χ2n) is 4.53. The van der Waals surface area contributed by atoms with Crippen LogP contribution in [0.15, 0.2) is 48.8 Å². The van der Waals surface area contributed by atoms with Crippen LogP contribution in [-0.4, -0.2) is 30.7 Å². The van der Waals surface area contributed by atoms with Gasteiger partial charge in [0.15, 0.2) is 5.82 Å². The minimum atomic E-state index is -0.196. The summed E-state index contributed by atoms with van der Waals surface area (Å²) in [5, 5.41) is 14.9. The fourth-order valence-electron chi connectivity index (χ4n) is 1.95. The monoisotopic (exact) mass is 282 g/mol. The Balaban J connectivity index is 1.66. The Morgan fingerprint density at radius 2 is 2.00 bits per heavy atom. The van der Waals surface area contributed by atoms with E-state index in [0.29, 0.717) is 5.82 Å². The molecule has 0 unspecified atom stereocenters. The van der Waals surface area contributed by atoms with Gasteiger partial charge in [-0.05, 0) is 6.07 Å². The molecule has 1 aromatic carbocycles. The average molecular weight is 282 g/mol. The molecule has 0 radical (unpaired) electrons. The quantitative estimate of drug-likeness (QED) is 0.782. The molecule has 0 spiro atoms. The second-order valence-corrected chi connectivity index (χ2v) is 4.53. The standard InChI is InChI=1S/C14H14N6O/c1-19-15-9-13(18-19)16-14(21)10-20-8-7-12(17-20)11-5-3-2-4-6-11/h2-9H,10H2,1H3,(H,16,18,21). The van der Waals surface area contributed by atoms with Crippen molar-refractivity contribution >= 4 is 11.7 Å². The van der Waals surface area contributed by atoms with Crippen LogP contribution in [0.3, 0.4) is 0 Å². The summed E-state index contributed by atoms with van der Waals surface area (Å²) in [6.45, 7) is 0.128. The van der Waals surface area contributed by atoms with Crippen LogP contribution < -0.4 is 5.32 Å². The maximum atomic E-state index is 11.9. The highest BCUT2D eigenvalue weighted by Crippen LogP contribution is 2.15. The first-order valence-corrected chi connectivity index (χ1v) is 6.46. The van der Waals surface area contributed by atoms with E-state index in [0.717, 1.165) is 11.3 Å². The van der Waals surface area contributed by atoms with E-state index in [1.54, 1.807) is 17.9 Å². The Hall–Kier alpha value is -2.96. The van der Waals surface area contributed by atoms with Crippen LogP contribution in [-0.2, 0) is 18.4 Å². The van der Waals surface area contributed by atoms with E-state index >= 15 is 0 Å². The number of anilines is 1. The molecule has 0 saturated carbocycles. The molecule has 0 aliphatic carbocycles. The number of amides is 1. The number of aromatic nitrogens is 5. The van der Waals surface area contributed by atoms with Gasteiger partial charge in [0.25, 0.3) is 0 Å². The molecule has 3 rings (SSSR count). The van der Waals surface area contributed by atoms with Crippen molar-refractivity contribution in [1.29, 1.82) is 0 Å². The third-order valence-electron chi connectivity index (χ3n) is 2.88.